The van der Waals surface area contributed by atoms with Crippen LogP contribution in [0.15, 0.2) is 21.5 Å². The Morgan fingerprint density at radius 3 is 2.72 bits per heavy atom. The molecule has 0 saturated carbocycles. The molecule has 2 aromatic rings. The van der Waals surface area contributed by atoms with Gasteiger partial charge in [-0.1, -0.05) is 13.3 Å². The third-order valence-corrected chi connectivity index (χ3v) is 5.07. The van der Waals surface area contributed by atoms with Crippen molar-refractivity contribution >= 4 is 36.5 Å². The van der Waals surface area contributed by atoms with E-state index >= 15 is 0 Å². The summed E-state index contributed by atoms with van der Waals surface area (Å²) in [6.07, 6.45) is 5.76. The SMILES string of the molecule is CCCCn1ncc(C)c1NC(=O)c1c(C)cc(C2CCCNC2)oc1=O.Cl.Cl. The van der Waals surface area contributed by atoms with Crippen LogP contribution in [0.5, 0.6) is 0 Å². The highest BCUT2D eigenvalue weighted by Crippen LogP contribution is 2.24. The predicted molar refractivity (Wildman–Crippen MR) is 119 cm³/mol. The van der Waals surface area contributed by atoms with Gasteiger partial charge in [-0.2, -0.15) is 5.10 Å². The first-order valence-electron chi connectivity index (χ1n) is 9.70. The Labute approximate surface area is 183 Å². The van der Waals surface area contributed by atoms with Crippen molar-refractivity contribution in [2.24, 2.45) is 0 Å². The lowest BCUT2D eigenvalue weighted by atomic mass is 9.95. The van der Waals surface area contributed by atoms with Gasteiger partial charge in [0.25, 0.3) is 5.91 Å². The van der Waals surface area contributed by atoms with Crippen LogP contribution in [0.2, 0.25) is 0 Å². The van der Waals surface area contributed by atoms with Crippen molar-refractivity contribution in [3.8, 4) is 0 Å². The first kappa shape index (κ1) is 25.2. The van der Waals surface area contributed by atoms with Crippen LogP contribution in [0.3, 0.4) is 0 Å². The third kappa shape index (κ3) is 5.84. The molecule has 1 saturated heterocycles. The number of carbonyl (C=O) groups is 1. The highest BCUT2D eigenvalue weighted by Gasteiger charge is 2.23. The largest absolute Gasteiger partial charge is 0.427 e. The number of piperidine rings is 1. The minimum Gasteiger partial charge on any atom is -0.427 e. The molecular formula is C20H30Cl2N4O3. The van der Waals surface area contributed by atoms with E-state index in [1.807, 2.05) is 13.0 Å². The van der Waals surface area contributed by atoms with E-state index in [9.17, 15) is 9.59 Å². The number of halogens is 2. The molecule has 1 atom stereocenters. The molecule has 29 heavy (non-hydrogen) atoms. The van der Waals surface area contributed by atoms with Gasteiger partial charge in [-0.15, -0.1) is 24.8 Å². The van der Waals surface area contributed by atoms with Gasteiger partial charge in [0.05, 0.1) is 6.20 Å². The van der Waals surface area contributed by atoms with Crippen molar-refractivity contribution in [2.75, 3.05) is 18.4 Å². The molecule has 1 fully saturated rings. The minimum atomic E-state index is -0.578. The zero-order chi connectivity index (χ0) is 19.4. The minimum absolute atomic E-state index is 0. The summed E-state index contributed by atoms with van der Waals surface area (Å²) in [7, 11) is 0. The number of rotatable bonds is 6. The van der Waals surface area contributed by atoms with Crippen LogP contribution in [0.4, 0.5) is 5.82 Å². The average molecular weight is 445 g/mol. The lowest BCUT2D eigenvalue weighted by molar-refractivity contribution is 0.102. The van der Waals surface area contributed by atoms with Crippen molar-refractivity contribution < 1.29 is 9.21 Å². The number of unbranched alkanes of at least 4 members (excludes halogenated alkanes) is 1. The highest BCUT2D eigenvalue weighted by molar-refractivity contribution is 6.04. The molecule has 0 aromatic carbocycles. The smallest absolute Gasteiger partial charge is 0.349 e. The van der Waals surface area contributed by atoms with Gasteiger partial charge in [-0.05, 0) is 51.3 Å². The molecule has 9 heteroatoms. The molecule has 162 valence electrons. The fourth-order valence-corrected chi connectivity index (χ4v) is 3.49. The molecule has 3 heterocycles. The van der Waals surface area contributed by atoms with Gasteiger partial charge in [0.1, 0.15) is 17.1 Å². The number of aryl methyl sites for hydroxylation is 3. The van der Waals surface area contributed by atoms with Crippen molar-refractivity contribution in [1.29, 1.82) is 0 Å². The van der Waals surface area contributed by atoms with E-state index in [2.05, 4.69) is 22.7 Å². The summed E-state index contributed by atoms with van der Waals surface area (Å²) < 4.78 is 7.29. The molecule has 1 aliphatic heterocycles. The maximum Gasteiger partial charge on any atom is 0.349 e. The van der Waals surface area contributed by atoms with E-state index in [0.717, 1.165) is 50.9 Å². The number of amides is 1. The second-order valence-corrected chi connectivity index (χ2v) is 7.24. The number of nitrogens with one attached hydrogen (secondary N) is 2. The van der Waals surface area contributed by atoms with E-state index in [4.69, 9.17) is 4.42 Å². The molecule has 0 spiro atoms. The molecule has 1 unspecified atom stereocenters. The molecule has 1 aliphatic rings. The second kappa shape index (κ2) is 11.4. The fraction of sp³-hybridized carbons (Fsp3) is 0.550. The molecule has 3 rings (SSSR count). The Balaban J connectivity index is 0.00000210. The molecule has 0 aliphatic carbocycles. The second-order valence-electron chi connectivity index (χ2n) is 7.24. The zero-order valence-corrected chi connectivity index (χ0v) is 18.8. The lowest BCUT2D eigenvalue weighted by Gasteiger charge is -2.22. The van der Waals surface area contributed by atoms with Gasteiger partial charge >= 0.3 is 5.63 Å². The number of hydrogen-bond acceptors (Lipinski definition) is 5. The van der Waals surface area contributed by atoms with E-state index in [-0.39, 0.29) is 36.3 Å². The highest BCUT2D eigenvalue weighted by atomic mass is 35.5. The number of anilines is 1. The molecule has 1 amide bonds. The first-order chi connectivity index (χ1) is 13.0. The molecule has 7 nitrogen and oxygen atoms in total. The molecule has 0 bridgehead atoms. The van der Waals surface area contributed by atoms with Crippen LogP contribution in [-0.4, -0.2) is 28.8 Å². The lowest BCUT2D eigenvalue weighted by Crippen LogP contribution is -2.30. The van der Waals surface area contributed by atoms with E-state index in [0.29, 0.717) is 17.1 Å². The van der Waals surface area contributed by atoms with Crippen molar-refractivity contribution in [3.05, 3.63) is 45.1 Å². The first-order valence-corrected chi connectivity index (χ1v) is 9.70. The standard InChI is InChI=1S/C20H28N4O3.2ClH/c1-4-5-9-24-18(14(3)11-22-24)23-19(25)17-13(2)10-16(27-20(17)26)15-7-6-8-21-12-15;;/h10-11,15,21H,4-9,12H2,1-3H3,(H,23,25);2*1H. The number of hydrogen-bond donors (Lipinski definition) is 2. The Morgan fingerprint density at radius 1 is 1.34 bits per heavy atom. The summed E-state index contributed by atoms with van der Waals surface area (Å²) >= 11 is 0. The van der Waals surface area contributed by atoms with Gasteiger partial charge < -0.3 is 15.1 Å². The zero-order valence-electron chi connectivity index (χ0n) is 17.1. The summed E-state index contributed by atoms with van der Waals surface area (Å²) in [4.78, 5) is 25.3. The van der Waals surface area contributed by atoms with Crippen LogP contribution in [-0.2, 0) is 6.54 Å². The van der Waals surface area contributed by atoms with E-state index in [1.54, 1.807) is 17.8 Å². The Morgan fingerprint density at radius 2 is 2.10 bits per heavy atom. The molecule has 2 aromatic heterocycles. The maximum absolute atomic E-state index is 12.8. The Hall–Kier alpha value is -1.83. The van der Waals surface area contributed by atoms with Crippen molar-refractivity contribution in [3.63, 3.8) is 0 Å². The van der Waals surface area contributed by atoms with Gasteiger partial charge in [0.2, 0.25) is 0 Å². The van der Waals surface area contributed by atoms with Crippen LogP contribution in [0.25, 0.3) is 0 Å². The fourth-order valence-electron chi connectivity index (χ4n) is 3.49. The van der Waals surface area contributed by atoms with Gasteiger partial charge in [0, 0.05) is 24.6 Å². The quantitative estimate of drug-likeness (QED) is 0.706. The van der Waals surface area contributed by atoms with Crippen LogP contribution < -0.4 is 16.3 Å². The monoisotopic (exact) mass is 444 g/mol. The third-order valence-electron chi connectivity index (χ3n) is 5.07. The van der Waals surface area contributed by atoms with Crippen LogP contribution in [0.1, 0.15) is 65.8 Å². The number of aromatic nitrogens is 2. The average Bonchev–Trinajstić information content (AvgIpc) is 3.00. The maximum atomic E-state index is 12.8. The van der Waals surface area contributed by atoms with Crippen LogP contribution in [0, 0.1) is 13.8 Å². The summed E-state index contributed by atoms with van der Waals surface area (Å²) in [5, 5.41) is 10.5. The van der Waals surface area contributed by atoms with Crippen molar-refractivity contribution in [2.45, 2.75) is 58.9 Å². The molecular weight excluding hydrogens is 415 g/mol. The van der Waals surface area contributed by atoms with Gasteiger partial charge in [-0.3, -0.25) is 4.79 Å². The predicted octanol–water partition coefficient (Wildman–Crippen LogP) is 3.82. The van der Waals surface area contributed by atoms with E-state index < -0.39 is 11.5 Å². The summed E-state index contributed by atoms with van der Waals surface area (Å²) in [6, 6.07) is 1.83. The van der Waals surface area contributed by atoms with Crippen LogP contribution >= 0.6 is 24.8 Å². The normalized spacial score (nSPS) is 15.9. The van der Waals surface area contributed by atoms with Crippen molar-refractivity contribution in [1.82, 2.24) is 15.1 Å². The molecule has 0 radical (unpaired) electrons. The number of nitrogens with zero attached hydrogens (tertiary/aromatic N) is 2. The summed E-state index contributed by atoms with van der Waals surface area (Å²) in [5.41, 5.74) is 0.989. The van der Waals surface area contributed by atoms with E-state index in [1.165, 1.54) is 0 Å². The summed E-state index contributed by atoms with van der Waals surface area (Å²) in [6.45, 7) is 8.29. The molecule has 2 N–H and O–H groups in total. The number of carbonyl (C=O) groups excluding carboxylic acids is 1. The topological polar surface area (TPSA) is 89.2 Å². The Bertz CT molecular complexity index is 873. The van der Waals surface area contributed by atoms with Gasteiger partial charge in [-0.25, -0.2) is 9.48 Å². The van der Waals surface area contributed by atoms with Gasteiger partial charge in [0.15, 0.2) is 0 Å². The Kier molecular flexibility index (Phi) is 9.89. The summed E-state index contributed by atoms with van der Waals surface area (Å²) in [5.74, 6) is 1.02.